The summed E-state index contributed by atoms with van der Waals surface area (Å²) in [6, 6.07) is 10.4. The first-order valence-corrected chi connectivity index (χ1v) is 6.84. The van der Waals surface area contributed by atoms with Crippen molar-refractivity contribution in [3.63, 3.8) is 0 Å². The van der Waals surface area contributed by atoms with Crippen LogP contribution in [0, 0.1) is 0 Å². The van der Waals surface area contributed by atoms with E-state index >= 15 is 0 Å². The molecule has 0 saturated carbocycles. The number of benzene rings is 1. The monoisotopic (exact) mass is 210 g/mol. The van der Waals surface area contributed by atoms with Crippen LogP contribution in [-0.4, -0.2) is 0 Å². The Bertz CT molecular complexity index is 320. The number of hydrogen-bond donors (Lipinski definition) is 0. The normalized spacial score (nSPS) is 21.8. The summed E-state index contributed by atoms with van der Waals surface area (Å²) in [4.78, 5) is 1.31. The van der Waals surface area contributed by atoms with Crippen molar-refractivity contribution < 1.29 is 4.52 Å². The predicted molar refractivity (Wildman–Crippen MR) is 60.0 cm³/mol. The molecule has 1 aliphatic heterocycles. The fourth-order valence-corrected chi connectivity index (χ4v) is 4.84. The second-order valence-corrected chi connectivity index (χ2v) is 6.44. The van der Waals surface area contributed by atoms with Gasteiger partial charge in [0, 0.05) is 10.2 Å². The van der Waals surface area contributed by atoms with Crippen LogP contribution < -0.4 is 5.30 Å². The van der Waals surface area contributed by atoms with E-state index in [2.05, 4.69) is 31.2 Å². The van der Waals surface area contributed by atoms with Gasteiger partial charge >= 0.3 is 0 Å². The maximum absolute atomic E-state index is 5.77. The topological polar surface area (TPSA) is 9.23 Å². The van der Waals surface area contributed by atoms with Gasteiger partial charge < -0.3 is 4.52 Å². The zero-order valence-corrected chi connectivity index (χ0v) is 9.36. The van der Waals surface area contributed by atoms with E-state index in [4.69, 9.17) is 4.52 Å². The minimum atomic E-state index is -0.476. The van der Waals surface area contributed by atoms with Gasteiger partial charge in [0.25, 0.3) is 0 Å². The largest absolute Gasteiger partial charge is 0.462 e. The van der Waals surface area contributed by atoms with E-state index in [1.54, 1.807) is 0 Å². The van der Waals surface area contributed by atoms with Crippen molar-refractivity contribution in [3.8, 4) is 0 Å². The van der Waals surface area contributed by atoms with E-state index in [0.717, 1.165) is 5.76 Å². The quantitative estimate of drug-likeness (QED) is 0.654. The second kappa shape index (κ2) is 3.73. The molecule has 0 bridgehead atoms. The van der Waals surface area contributed by atoms with Crippen LogP contribution in [0.5, 0.6) is 0 Å². The maximum atomic E-state index is 5.77. The van der Waals surface area contributed by atoms with E-state index in [-0.39, 0.29) is 0 Å². The molecule has 3 heteroatoms. The summed E-state index contributed by atoms with van der Waals surface area (Å²) in [6.45, 7) is 4.15. The molecule has 68 valence electrons. The van der Waals surface area contributed by atoms with Gasteiger partial charge in [0.05, 0.1) is 0 Å². The SMILES string of the molecule is CC1=C(C)SP(c2ccccc2)O1. The molecule has 13 heavy (non-hydrogen) atoms. The minimum Gasteiger partial charge on any atom is -0.462 e. The highest BCUT2D eigenvalue weighted by Gasteiger charge is 2.23. The average molecular weight is 210 g/mol. The third kappa shape index (κ3) is 1.90. The van der Waals surface area contributed by atoms with Gasteiger partial charge in [-0.05, 0) is 13.8 Å². The van der Waals surface area contributed by atoms with Crippen molar-refractivity contribution in [3.05, 3.63) is 41.0 Å². The van der Waals surface area contributed by atoms with Crippen molar-refractivity contribution in [2.45, 2.75) is 13.8 Å². The van der Waals surface area contributed by atoms with Gasteiger partial charge in [0.15, 0.2) is 7.35 Å². The molecule has 0 fully saturated rings. The van der Waals surface area contributed by atoms with Crippen LogP contribution in [0.4, 0.5) is 0 Å². The Morgan fingerprint density at radius 2 is 1.85 bits per heavy atom. The van der Waals surface area contributed by atoms with Crippen LogP contribution in [0.3, 0.4) is 0 Å². The van der Waals surface area contributed by atoms with Gasteiger partial charge in [-0.3, -0.25) is 0 Å². The molecule has 0 aromatic heterocycles. The molecule has 1 aromatic carbocycles. The van der Waals surface area contributed by atoms with E-state index in [0.29, 0.717) is 0 Å². The summed E-state index contributed by atoms with van der Waals surface area (Å²) in [5.41, 5.74) is 0. The first-order valence-electron chi connectivity index (χ1n) is 4.16. The number of rotatable bonds is 1. The Morgan fingerprint density at radius 3 is 2.38 bits per heavy atom. The lowest BCUT2D eigenvalue weighted by Gasteiger charge is -2.08. The number of allylic oxidation sites excluding steroid dienone is 2. The Morgan fingerprint density at radius 1 is 1.15 bits per heavy atom. The van der Waals surface area contributed by atoms with Gasteiger partial charge in [-0.15, -0.1) is 0 Å². The molecule has 1 aliphatic rings. The fraction of sp³-hybridized carbons (Fsp3) is 0.200. The highest BCUT2D eigenvalue weighted by atomic mass is 32.7. The third-order valence-electron chi connectivity index (χ3n) is 1.90. The third-order valence-corrected chi connectivity index (χ3v) is 5.96. The molecular formula is C10H11OPS. The highest BCUT2D eigenvalue weighted by molar-refractivity contribution is 8.58. The smallest absolute Gasteiger partial charge is 0.183 e. The Kier molecular flexibility index (Phi) is 2.61. The van der Waals surface area contributed by atoms with Crippen molar-refractivity contribution >= 4 is 24.0 Å². The molecule has 0 radical (unpaired) electrons. The standard InChI is InChI=1S/C10H11OPS/c1-8-9(2)13-12(11-8)10-6-4-3-5-7-10/h3-7H,1-2H3. The summed E-state index contributed by atoms with van der Waals surface area (Å²) in [6.07, 6.45) is 0. The van der Waals surface area contributed by atoms with Crippen molar-refractivity contribution in [1.82, 2.24) is 0 Å². The van der Waals surface area contributed by atoms with Crippen LogP contribution in [0.15, 0.2) is 41.0 Å². The van der Waals surface area contributed by atoms with E-state index in [1.807, 2.05) is 24.4 Å². The van der Waals surface area contributed by atoms with Gasteiger partial charge in [0.2, 0.25) is 0 Å². The molecular weight excluding hydrogens is 199 g/mol. The van der Waals surface area contributed by atoms with E-state index in [1.165, 1.54) is 10.2 Å². The predicted octanol–water partition coefficient (Wildman–Crippen LogP) is 3.64. The summed E-state index contributed by atoms with van der Waals surface area (Å²) in [7, 11) is -0.476. The highest BCUT2D eigenvalue weighted by Crippen LogP contribution is 2.60. The van der Waals surface area contributed by atoms with Crippen molar-refractivity contribution in [2.75, 3.05) is 0 Å². The molecule has 1 heterocycles. The second-order valence-electron chi connectivity index (χ2n) is 2.89. The van der Waals surface area contributed by atoms with Crippen LogP contribution in [0.25, 0.3) is 0 Å². The summed E-state index contributed by atoms with van der Waals surface area (Å²) < 4.78 is 5.77. The Hall–Kier alpha value is -0.460. The molecule has 0 saturated heterocycles. The molecule has 0 N–H and O–H groups in total. The summed E-state index contributed by atoms with van der Waals surface area (Å²) >= 11 is 1.85. The Labute approximate surface area is 83.8 Å². The molecule has 0 spiro atoms. The Balaban J connectivity index is 2.16. The van der Waals surface area contributed by atoms with Crippen LogP contribution in [0.1, 0.15) is 13.8 Å². The first kappa shape index (κ1) is 9.11. The molecule has 1 aromatic rings. The van der Waals surface area contributed by atoms with Gasteiger partial charge in [-0.25, -0.2) is 0 Å². The van der Waals surface area contributed by atoms with Gasteiger partial charge in [-0.1, -0.05) is 41.7 Å². The molecule has 0 amide bonds. The lowest BCUT2D eigenvalue weighted by Crippen LogP contribution is -1.95. The van der Waals surface area contributed by atoms with Gasteiger partial charge in [-0.2, -0.15) is 0 Å². The van der Waals surface area contributed by atoms with E-state index in [9.17, 15) is 0 Å². The lowest BCUT2D eigenvalue weighted by atomic mass is 10.4. The zero-order valence-electron chi connectivity index (χ0n) is 7.65. The van der Waals surface area contributed by atoms with Gasteiger partial charge in [0.1, 0.15) is 5.76 Å². The van der Waals surface area contributed by atoms with Crippen molar-refractivity contribution in [2.24, 2.45) is 0 Å². The molecule has 1 unspecified atom stereocenters. The summed E-state index contributed by atoms with van der Waals surface area (Å²) in [5.74, 6) is 1.08. The maximum Gasteiger partial charge on any atom is 0.183 e. The summed E-state index contributed by atoms with van der Waals surface area (Å²) in [5, 5.41) is 1.30. The minimum absolute atomic E-state index is 0.476. The molecule has 0 aliphatic carbocycles. The molecule has 1 nitrogen and oxygen atoms in total. The lowest BCUT2D eigenvalue weighted by molar-refractivity contribution is 0.492. The van der Waals surface area contributed by atoms with Crippen molar-refractivity contribution in [1.29, 1.82) is 0 Å². The number of hydrogen-bond acceptors (Lipinski definition) is 2. The van der Waals surface area contributed by atoms with Crippen LogP contribution >= 0.6 is 18.7 Å². The molecule has 2 rings (SSSR count). The average Bonchev–Trinajstić information content (AvgIpc) is 2.49. The first-order chi connectivity index (χ1) is 6.27. The fourth-order valence-electron chi connectivity index (χ4n) is 1.05. The molecule has 1 atom stereocenters. The van der Waals surface area contributed by atoms with Crippen LogP contribution in [-0.2, 0) is 4.52 Å². The zero-order chi connectivity index (χ0) is 9.26. The van der Waals surface area contributed by atoms with E-state index < -0.39 is 7.35 Å². The van der Waals surface area contributed by atoms with Crippen LogP contribution in [0.2, 0.25) is 0 Å².